The summed E-state index contributed by atoms with van der Waals surface area (Å²) in [6, 6.07) is 11.0. The van der Waals surface area contributed by atoms with Crippen LogP contribution >= 0.6 is 11.6 Å². The number of rotatable bonds is 4. The maximum Gasteiger partial charge on any atom is 0.323 e. The first-order chi connectivity index (χ1) is 10.1. The molecule has 0 spiro atoms. The molecule has 0 unspecified atom stereocenters. The zero-order valence-corrected chi connectivity index (χ0v) is 12.0. The summed E-state index contributed by atoms with van der Waals surface area (Å²) < 4.78 is 5.14. The minimum absolute atomic E-state index is 0.453. The van der Waals surface area contributed by atoms with E-state index in [2.05, 4.69) is 10.6 Å². The van der Waals surface area contributed by atoms with Gasteiger partial charge in [0.25, 0.3) is 0 Å². The summed E-state index contributed by atoms with van der Waals surface area (Å²) in [7, 11) is 1.50. The van der Waals surface area contributed by atoms with Gasteiger partial charge in [0.05, 0.1) is 12.8 Å². The predicted molar refractivity (Wildman–Crippen MR) is 82.5 cm³/mol. The summed E-state index contributed by atoms with van der Waals surface area (Å²) in [6.07, 6.45) is 0.711. The van der Waals surface area contributed by atoms with Crippen molar-refractivity contribution in [2.24, 2.45) is 0 Å². The molecule has 0 saturated carbocycles. The number of carbonyl (C=O) groups is 2. The number of anilines is 2. The Hall–Kier alpha value is -2.53. The molecule has 0 aliphatic rings. The Bertz CT molecular complexity index is 674. The van der Waals surface area contributed by atoms with Gasteiger partial charge in [0.2, 0.25) is 0 Å². The fourth-order valence-corrected chi connectivity index (χ4v) is 1.92. The second-order valence-electron chi connectivity index (χ2n) is 4.17. The smallest absolute Gasteiger partial charge is 0.323 e. The number of halogens is 1. The monoisotopic (exact) mass is 304 g/mol. The minimum atomic E-state index is -0.460. The van der Waals surface area contributed by atoms with E-state index in [1.165, 1.54) is 7.11 Å². The van der Waals surface area contributed by atoms with Crippen LogP contribution in [0.25, 0.3) is 0 Å². The van der Waals surface area contributed by atoms with E-state index in [9.17, 15) is 9.59 Å². The third kappa shape index (κ3) is 3.97. The van der Waals surface area contributed by atoms with E-state index in [4.69, 9.17) is 16.3 Å². The van der Waals surface area contributed by atoms with Crippen LogP contribution in [0, 0.1) is 0 Å². The van der Waals surface area contributed by atoms with Gasteiger partial charge < -0.3 is 15.4 Å². The number of hydrogen-bond acceptors (Lipinski definition) is 3. The number of ether oxygens (including phenoxy) is 1. The molecule has 2 aromatic rings. The Morgan fingerprint density at radius 1 is 1.19 bits per heavy atom. The molecule has 6 heteroatoms. The van der Waals surface area contributed by atoms with Gasteiger partial charge in [0.15, 0.2) is 0 Å². The van der Waals surface area contributed by atoms with Gasteiger partial charge in [-0.15, -0.1) is 0 Å². The van der Waals surface area contributed by atoms with Crippen molar-refractivity contribution in [2.45, 2.75) is 0 Å². The second kappa shape index (κ2) is 6.76. The molecule has 21 heavy (non-hydrogen) atoms. The highest BCUT2D eigenvalue weighted by Crippen LogP contribution is 2.27. The Labute approximate surface area is 126 Å². The number of nitrogens with one attached hydrogen (secondary N) is 2. The SMILES string of the molecule is COc1ccc(Cl)cc1NC(=O)Nc1cccc(C=O)c1. The first-order valence-electron chi connectivity index (χ1n) is 6.09. The number of urea groups is 1. The molecular weight excluding hydrogens is 292 g/mol. The Balaban J connectivity index is 2.11. The first-order valence-corrected chi connectivity index (χ1v) is 6.47. The van der Waals surface area contributed by atoms with Crippen LogP contribution in [0.2, 0.25) is 5.02 Å². The van der Waals surface area contributed by atoms with Gasteiger partial charge in [0.1, 0.15) is 12.0 Å². The standard InChI is InChI=1S/C15H13ClN2O3/c1-21-14-6-5-11(16)8-13(14)18-15(20)17-12-4-2-3-10(7-12)9-19/h2-9H,1H3,(H2,17,18,20). The van der Waals surface area contributed by atoms with E-state index in [1.54, 1.807) is 42.5 Å². The third-order valence-electron chi connectivity index (χ3n) is 2.69. The molecule has 2 aromatic carbocycles. The quantitative estimate of drug-likeness (QED) is 0.844. The van der Waals surface area contributed by atoms with E-state index in [0.717, 1.165) is 0 Å². The summed E-state index contributed by atoms with van der Waals surface area (Å²) in [4.78, 5) is 22.6. The molecule has 0 fully saturated rings. The third-order valence-corrected chi connectivity index (χ3v) is 2.93. The van der Waals surface area contributed by atoms with Crippen LogP contribution in [0.15, 0.2) is 42.5 Å². The van der Waals surface area contributed by atoms with E-state index in [0.29, 0.717) is 34.0 Å². The average Bonchev–Trinajstić information content (AvgIpc) is 2.47. The zero-order valence-electron chi connectivity index (χ0n) is 11.2. The molecule has 5 nitrogen and oxygen atoms in total. The Morgan fingerprint density at radius 2 is 2.00 bits per heavy atom. The molecule has 2 amide bonds. The number of carbonyl (C=O) groups excluding carboxylic acids is 2. The Morgan fingerprint density at radius 3 is 2.71 bits per heavy atom. The van der Waals surface area contributed by atoms with Crippen LogP contribution in [0.3, 0.4) is 0 Å². The topological polar surface area (TPSA) is 67.4 Å². The van der Waals surface area contributed by atoms with Gasteiger partial charge in [-0.3, -0.25) is 4.79 Å². The van der Waals surface area contributed by atoms with Gasteiger partial charge in [-0.25, -0.2) is 4.79 Å². The largest absolute Gasteiger partial charge is 0.495 e. The molecule has 2 rings (SSSR count). The van der Waals surface area contributed by atoms with Crippen LogP contribution < -0.4 is 15.4 Å². The number of benzene rings is 2. The van der Waals surface area contributed by atoms with Crippen LogP contribution in [0.1, 0.15) is 10.4 Å². The summed E-state index contributed by atoms with van der Waals surface area (Å²) in [6.45, 7) is 0. The van der Waals surface area contributed by atoms with Crippen molar-refractivity contribution in [3.8, 4) is 5.75 Å². The molecule has 0 bridgehead atoms. The fourth-order valence-electron chi connectivity index (χ4n) is 1.75. The van der Waals surface area contributed by atoms with Crippen molar-refractivity contribution in [1.29, 1.82) is 0 Å². The summed E-state index contributed by atoms with van der Waals surface area (Å²) in [5.41, 5.74) is 1.44. The molecule has 0 aliphatic heterocycles. The lowest BCUT2D eigenvalue weighted by molar-refractivity contribution is 0.112. The highest BCUT2D eigenvalue weighted by Gasteiger charge is 2.08. The molecule has 0 radical (unpaired) electrons. The van der Waals surface area contributed by atoms with Crippen molar-refractivity contribution in [2.75, 3.05) is 17.7 Å². The molecule has 0 aliphatic carbocycles. The lowest BCUT2D eigenvalue weighted by atomic mass is 10.2. The molecule has 0 heterocycles. The predicted octanol–water partition coefficient (Wildman–Crippen LogP) is 3.81. The lowest BCUT2D eigenvalue weighted by Crippen LogP contribution is -2.19. The summed E-state index contributed by atoms with van der Waals surface area (Å²) in [5, 5.41) is 5.75. The highest BCUT2D eigenvalue weighted by molar-refractivity contribution is 6.31. The number of hydrogen-bond donors (Lipinski definition) is 2. The van der Waals surface area contributed by atoms with E-state index >= 15 is 0 Å². The van der Waals surface area contributed by atoms with Crippen LogP contribution in [-0.4, -0.2) is 19.4 Å². The maximum absolute atomic E-state index is 12.0. The number of amides is 2. The van der Waals surface area contributed by atoms with Crippen molar-refractivity contribution in [1.82, 2.24) is 0 Å². The van der Waals surface area contributed by atoms with Crippen molar-refractivity contribution in [3.05, 3.63) is 53.1 Å². The normalized spacial score (nSPS) is 9.81. The van der Waals surface area contributed by atoms with Gasteiger partial charge in [-0.1, -0.05) is 23.7 Å². The Kier molecular flexibility index (Phi) is 4.79. The summed E-state index contributed by atoms with van der Waals surface area (Å²) >= 11 is 5.89. The fraction of sp³-hybridized carbons (Fsp3) is 0.0667. The summed E-state index contributed by atoms with van der Waals surface area (Å²) in [5.74, 6) is 0.496. The van der Waals surface area contributed by atoms with Gasteiger partial charge in [-0.2, -0.15) is 0 Å². The molecular formula is C15H13ClN2O3. The molecule has 2 N–H and O–H groups in total. The molecule has 0 atom stereocenters. The second-order valence-corrected chi connectivity index (χ2v) is 4.60. The van der Waals surface area contributed by atoms with Crippen LogP contribution in [-0.2, 0) is 0 Å². The van der Waals surface area contributed by atoms with Crippen LogP contribution in [0.5, 0.6) is 5.75 Å². The van der Waals surface area contributed by atoms with Gasteiger partial charge >= 0.3 is 6.03 Å². The minimum Gasteiger partial charge on any atom is -0.495 e. The maximum atomic E-state index is 12.0. The van der Waals surface area contributed by atoms with Crippen LogP contribution in [0.4, 0.5) is 16.2 Å². The van der Waals surface area contributed by atoms with E-state index in [-0.39, 0.29) is 0 Å². The molecule has 0 saturated heterocycles. The molecule has 0 aromatic heterocycles. The van der Waals surface area contributed by atoms with Crippen molar-refractivity contribution < 1.29 is 14.3 Å². The lowest BCUT2D eigenvalue weighted by Gasteiger charge is -2.11. The average molecular weight is 305 g/mol. The zero-order chi connectivity index (χ0) is 15.2. The van der Waals surface area contributed by atoms with E-state index in [1.807, 2.05) is 0 Å². The number of methoxy groups -OCH3 is 1. The molecule has 108 valence electrons. The first kappa shape index (κ1) is 14.9. The van der Waals surface area contributed by atoms with Crippen molar-refractivity contribution in [3.63, 3.8) is 0 Å². The van der Waals surface area contributed by atoms with Gasteiger partial charge in [0, 0.05) is 16.3 Å². The highest BCUT2D eigenvalue weighted by atomic mass is 35.5. The number of aldehydes is 1. The van der Waals surface area contributed by atoms with Gasteiger partial charge in [-0.05, 0) is 30.3 Å². The van der Waals surface area contributed by atoms with E-state index < -0.39 is 6.03 Å². The van der Waals surface area contributed by atoms with Crippen molar-refractivity contribution >= 4 is 35.3 Å².